The molecule has 0 aliphatic heterocycles. The Morgan fingerprint density at radius 2 is 2.57 bits per heavy atom. The molecule has 0 aliphatic rings. The molecule has 0 saturated carbocycles. The first-order valence-electron chi connectivity index (χ1n) is 4.17. The second kappa shape index (κ2) is 6.97. The summed E-state index contributed by atoms with van der Waals surface area (Å²) in [7, 11) is 1.81. The number of thiocarbonyl (C=S) groups is 1. The number of rotatable bonds is 5. The Hall–Kier alpha value is -0.400. The fraction of sp³-hybridized carbons (Fsp3) is 0.571. The lowest BCUT2D eigenvalue weighted by Crippen LogP contribution is -2.33. The SMILES string of the molecule is CNC(=S)NCCCSc1nncs1. The van der Waals surface area contributed by atoms with Gasteiger partial charge < -0.3 is 10.6 Å². The van der Waals surface area contributed by atoms with Crippen LogP contribution in [-0.4, -0.2) is 34.7 Å². The van der Waals surface area contributed by atoms with Crippen molar-refractivity contribution in [3.8, 4) is 0 Å². The number of nitrogens with zero attached hydrogens (tertiary/aromatic N) is 2. The Kier molecular flexibility index (Phi) is 5.81. The van der Waals surface area contributed by atoms with Gasteiger partial charge >= 0.3 is 0 Å². The van der Waals surface area contributed by atoms with Crippen molar-refractivity contribution in [2.24, 2.45) is 0 Å². The Morgan fingerprint density at radius 3 is 3.21 bits per heavy atom. The normalized spacial score (nSPS) is 9.79. The van der Waals surface area contributed by atoms with E-state index in [-0.39, 0.29) is 0 Å². The van der Waals surface area contributed by atoms with Crippen LogP contribution < -0.4 is 10.6 Å². The average Bonchev–Trinajstić information content (AvgIpc) is 2.69. The summed E-state index contributed by atoms with van der Waals surface area (Å²) in [6.45, 7) is 0.894. The number of hydrogen-bond donors (Lipinski definition) is 2. The van der Waals surface area contributed by atoms with Gasteiger partial charge in [-0.3, -0.25) is 0 Å². The molecule has 0 spiro atoms. The van der Waals surface area contributed by atoms with E-state index in [9.17, 15) is 0 Å². The summed E-state index contributed by atoms with van der Waals surface area (Å²) in [6.07, 6.45) is 1.06. The van der Waals surface area contributed by atoms with Gasteiger partial charge in [-0.05, 0) is 18.6 Å². The van der Waals surface area contributed by atoms with Gasteiger partial charge in [0.05, 0.1) is 0 Å². The lowest BCUT2D eigenvalue weighted by Gasteiger charge is -2.05. The lowest BCUT2D eigenvalue weighted by molar-refractivity contribution is 0.834. The molecule has 2 N–H and O–H groups in total. The summed E-state index contributed by atoms with van der Waals surface area (Å²) in [6, 6.07) is 0. The lowest BCUT2D eigenvalue weighted by atomic mass is 10.5. The zero-order chi connectivity index (χ0) is 10.2. The molecule has 0 amide bonds. The maximum Gasteiger partial charge on any atom is 0.174 e. The first kappa shape index (κ1) is 11.7. The minimum atomic E-state index is 0.700. The highest BCUT2D eigenvalue weighted by Gasteiger charge is 1.97. The van der Waals surface area contributed by atoms with Gasteiger partial charge in [0, 0.05) is 19.3 Å². The van der Waals surface area contributed by atoms with Crippen molar-refractivity contribution in [3.05, 3.63) is 5.51 Å². The van der Waals surface area contributed by atoms with Crippen LogP contribution in [0.1, 0.15) is 6.42 Å². The van der Waals surface area contributed by atoms with Crippen molar-refractivity contribution in [2.45, 2.75) is 10.8 Å². The standard InChI is InChI=1S/C7H12N4S3/c1-8-6(12)9-3-2-4-13-7-11-10-5-14-7/h5H,2-4H2,1H3,(H2,8,9,12). The summed E-state index contributed by atoms with van der Waals surface area (Å²) in [5.74, 6) is 1.04. The molecule has 0 atom stereocenters. The molecule has 14 heavy (non-hydrogen) atoms. The zero-order valence-electron chi connectivity index (χ0n) is 7.82. The van der Waals surface area contributed by atoms with Gasteiger partial charge in [-0.25, -0.2) is 0 Å². The van der Waals surface area contributed by atoms with E-state index >= 15 is 0 Å². The summed E-state index contributed by atoms with van der Waals surface area (Å²) < 4.78 is 1.03. The van der Waals surface area contributed by atoms with Gasteiger partial charge in [0.2, 0.25) is 0 Å². The zero-order valence-corrected chi connectivity index (χ0v) is 10.3. The summed E-state index contributed by atoms with van der Waals surface area (Å²) in [5.41, 5.74) is 1.75. The quantitative estimate of drug-likeness (QED) is 0.462. The van der Waals surface area contributed by atoms with Gasteiger partial charge in [0.1, 0.15) is 5.51 Å². The highest BCUT2D eigenvalue weighted by molar-refractivity contribution is 8.00. The molecule has 0 aliphatic carbocycles. The number of hydrogen-bond acceptors (Lipinski definition) is 5. The van der Waals surface area contributed by atoms with E-state index in [1.54, 1.807) is 28.6 Å². The minimum absolute atomic E-state index is 0.700. The summed E-state index contributed by atoms with van der Waals surface area (Å²) in [5, 5.41) is 14.4. The van der Waals surface area contributed by atoms with Gasteiger partial charge in [-0.2, -0.15) is 0 Å². The molecule has 0 fully saturated rings. The van der Waals surface area contributed by atoms with Crippen LogP contribution in [0.4, 0.5) is 0 Å². The van der Waals surface area contributed by atoms with E-state index in [2.05, 4.69) is 20.8 Å². The Morgan fingerprint density at radius 1 is 1.71 bits per heavy atom. The first-order valence-corrected chi connectivity index (χ1v) is 6.45. The van der Waals surface area contributed by atoms with Crippen molar-refractivity contribution < 1.29 is 0 Å². The monoisotopic (exact) mass is 248 g/mol. The molecule has 0 unspecified atom stereocenters. The van der Waals surface area contributed by atoms with Crippen LogP contribution in [0, 0.1) is 0 Å². The molecule has 1 rings (SSSR count). The van der Waals surface area contributed by atoms with E-state index < -0.39 is 0 Å². The molecule has 78 valence electrons. The van der Waals surface area contributed by atoms with Gasteiger partial charge in [-0.15, -0.1) is 10.2 Å². The molecule has 0 radical (unpaired) electrons. The maximum atomic E-state index is 4.94. The van der Waals surface area contributed by atoms with Crippen LogP contribution in [0.3, 0.4) is 0 Å². The minimum Gasteiger partial charge on any atom is -0.366 e. The molecule has 1 aromatic rings. The third kappa shape index (κ3) is 4.73. The van der Waals surface area contributed by atoms with E-state index in [0.29, 0.717) is 5.11 Å². The largest absolute Gasteiger partial charge is 0.366 e. The highest BCUT2D eigenvalue weighted by atomic mass is 32.2. The van der Waals surface area contributed by atoms with Crippen molar-refractivity contribution in [2.75, 3.05) is 19.3 Å². The predicted molar refractivity (Wildman–Crippen MR) is 64.9 cm³/mol. The number of aromatic nitrogens is 2. The van der Waals surface area contributed by atoms with Gasteiger partial charge in [-0.1, -0.05) is 23.1 Å². The van der Waals surface area contributed by atoms with Crippen LogP contribution in [0.15, 0.2) is 9.85 Å². The maximum absolute atomic E-state index is 4.94. The van der Waals surface area contributed by atoms with Crippen molar-refractivity contribution in [1.82, 2.24) is 20.8 Å². The van der Waals surface area contributed by atoms with Crippen LogP contribution in [-0.2, 0) is 0 Å². The van der Waals surface area contributed by atoms with Crippen molar-refractivity contribution in [1.29, 1.82) is 0 Å². The van der Waals surface area contributed by atoms with Gasteiger partial charge in [0.15, 0.2) is 9.45 Å². The molecule has 1 heterocycles. The fourth-order valence-corrected chi connectivity index (χ4v) is 2.35. The van der Waals surface area contributed by atoms with E-state index in [1.807, 2.05) is 7.05 Å². The molecule has 1 aromatic heterocycles. The smallest absolute Gasteiger partial charge is 0.174 e. The Balaban J connectivity index is 1.97. The van der Waals surface area contributed by atoms with Crippen LogP contribution in [0.2, 0.25) is 0 Å². The second-order valence-corrected chi connectivity index (χ2v) is 5.00. The highest BCUT2D eigenvalue weighted by Crippen LogP contribution is 2.18. The third-order valence-corrected chi connectivity index (χ3v) is 3.69. The van der Waals surface area contributed by atoms with Crippen molar-refractivity contribution >= 4 is 40.4 Å². The molecule has 0 aromatic carbocycles. The second-order valence-electron chi connectivity index (χ2n) is 2.41. The van der Waals surface area contributed by atoms with Crippen molar-refractivity contribution in [3.63, 3.8) is 0 Å². The molecule has 7 heteroatoms. The number of thioether (sulfide) groups is 1. The van der Waals surface area contributed by atoms with E-state index in [1.165, 1.54) is 0 Å². The molecular formula is C7H12N4S3. The average molecular weight is 248 g/mol. The Labute approximate surface area is 96.9 Å². The summed E-state index contributed by atoms with van der Waals surface area (Å²) in [4.78, 5) is 0. The number of nitrogens with one attached hydrogen (secondary N) is 2. The molecule has 4 nitrogen and oxygen atoms in total. The van der Waals surface area contributed by atoms with Crippen LogP contribution in [0.5, 0.6) is 0 Å². The van der Waals surface area contributed by atoms with Crippen LogP contribution >= 0.6 is 35.3 Å². The molecule has 0 saturated heterocycles. The third-order valence-electron chi connectivity index (χ3n) is 1.40. The first-order chi connectivity index (χ1) is 6.83. The van der Waals surface area contributed by atoms with Gasteiger partial charge in [0.25, 0.3) is 0 Å². The van der Waals surface area contributed by atoms with E-state index in [0.717, 1.165) is 23.1 Å². The molecular weight excluding hydrogens is 236 g/mol. The topological polar surface area (TPSA) is 49.8 Å². The predicted octanol–water partition coefficient (Wildman–Crippen LogP) is 1.11. The van der Waals surface area contributed by atoms with Crippen LogP contribution in [0.25, 0.3) is 0 Å². The fourth-order valence-electron chi connectivity index (χ4n) is 0.748. The van der Waals surface area contributed by atoms with E-state index in [4.69, 9.17) is 12.2 Å². The Bertz CT molecular complexity index is 262. The molecule has 0 bridgehead atoms. The summed E-state index contributed by atoms with van der Waals surface area (Å²) >= 11 is 8.24.